The fraction of sp³-hybridized carbons (Fsp3) is 0.400. The Balaban J connectivity index is 1.19. The van der Waals surface area contributed by atoms with Gasteiger partial charge in [0.15, 0.2) is 40.3 Å². The quantitative estimate of drug-likeness (QED) is 0.0956. The summed E-state index contributed by atoms with van der Waals surface area (Å²) < 4.78 is 31.3. The molecular formula is C20H22N9O11PS. The van der Waals surface area contributed by atoms with Crippen LogP contribution in [0.4, 0.5) is 5.95 Å². The number of hydrogen-bond acceptors (Lipinski definition) is 16. The second-order valence-electron chi connectivity index (χ2n) is 9.16. The van der Waals surface area contributed by atoms with Gasteiger partial charge in [-0.3, -0.25) is 28.2 Å². The molecule has 0 aliphatic carbocycles. The molecule has 0 amide bonds. The molecule has 0 radical (unpaired) electrons. The Labute approximate surface area is 236 Å². The van der Waals surface area contributed by atoms with Crippen LogP contribution in [0.2, 0.25) is 0 Å². The highest BCUT2D eigenvalue weighted by Crippen LogP contribution is 2.53. The van der Waals surface area contributed by atoms with Crippen molar-refractivity contribution in [1.82, 2.24) is 39.0 Å². The van der Waals surface area contributed by atoms with Crippen LogP contribution in [0.25, 0.3) is 28.2 Å². The first-order valence-corrected chi connectivity index (χ1v) is 14.4. The molecule has 1 saturated heterocycles. The van der Waals surface area contributed by atoms with Crippen molar-refractivity contribution < 1.29 is 43.7 Å². The standard InChI is InChI=1S/C20H22N9O11PS/c21-20-26-15-9(17(35)27-20)25-5-29(15)19-13(11(32)7(1-30)42-19)40-41(36,37)38-2-6-10(31)12(33)18(39-6)28-4-24-8-14(28)22-3-23-16(8)34/h3-7,10-11,13,19,30-33H,1-2H2,(H,36,37)(H,22,23,34)(H3,21,26,27,35)/t6-,7-,10-,11-,13-,19-/m1/s1. The van der Waals surface area contributed by atoms with E-state index in [1.54, 1.807) is 0 Å². The molecular weight excluding hydrogens is 605 g/mol. The van der Waals surface area contributed by atoms with Gasteiger partial charge in [-0.2, -0.15) is 4.98 Å². The maximum atomic E-state index is 13.0. The van der Waals surface area contributed by atoms with Crippen molar-refractivity contribution in [3.63, 3.8) is 0 Å². The first-order valence-electron chi connectivity index (χ1n) is 12.0. The molecule has 2 aliphatic rings. The lowest BCUT2D eigenvalue weighted by molar-refractivity contribution is -0.0168. The zero-order valence-electron chi connectivity index (χ0n) is 20.9. The number of phosphoric ester groups is 1. The number of fused-ring (bicyclic) bond motifs is 2. The molecule has 20 nitrogen and oxygen atoms in total. The van der Waals surface area contributed by atoms with E-state index in [1.165, 1.54) is 10.9 Å². The average molecular weight is 627 g/mol. The molecule has 0 aromatic carbocycles. The maximum Gasteiger partial charge on any atom is 0.472 e. The van der Waals surface area contributed by atoms with Crippen LogP contribution in [0.15, 0.2) is 34.3 Å². The predicted molar refractivity (Wildman–Crippen MR) is 142 cm³/mol. The van der Waals surface area contributed by atoms with E-state index in [0.29, 0.717) is 0 Å². The second kappa shape index (κ2) is 10.5. The largest absolute Gasteiger partial charge is 0.505 e. The molecule has 42 heavy (non-hydrogen) atoms. The number of nitrogens with zero attached hydrogens (tertiary/aromatic N) is 6. The van der Waals surface area contributed by atoms with Crippen molar-refractivity contribution in [3.8, 4) is 0 Å². The Morgan fingerprint density at radius 3 is 2.64 bits per heavy atom. The topological polar surface area (TPSA) is 299 Å². The minimum atomic E-state index is -5.03. The Bertz CT molecular complexity index is 1870. The maximum absolute atomic E-state index is 13.0. The van der Waals surface area contributed by atoms with E-state index in [2.05, 4.69) is 29.9 Å². The molecule has 0 saturated carbocycles. The van der Waals surface area contributed by atoms with Crippen LogP contribution in [0.1, 0.15) is 5.37 Å². The molecule has 1 fully saturated rings. The van der Waals surface area contributed by atoms with Gasteiger partial charge < -0.3 is 40.8 Å². The summed E-state index contributed by atoms with van der Waals surface area (Å²) >= 11 is 0.970. The van der Waals surface area contributed by atoms with Crippen molar-refractivity contribution >= 4 is 53.7 Å². The lowest BCUT2D eigenvalue weighted by atomic mass is 10.1. The number of anilines is 1. The minimum absolute atomic E-state index is 0.00175. The van der Waals surface area contributed by atoms with Gasteiger partial charge in [0.25, 0.3) is 11.1 Å². The first-order chi connectivity index (χ1) is 20.0. The third kappa shape index (κ3) is 4.74. The third-order valence-electron chi connectivity index (χ3n) is 6.55. The van der Waals surface area contributed by atoms with Crippen molar-refractivity contribution in [2.45, 2.75) is 35.0 Å². The molecule has 224 valence electrons. The summed E-state index contributed by atoms with van der Waals surface area (Å²) in [5, 5.41) is 39.6. The number of hydrogen-bond donors (Lipinski definition) is 8. The molecule has 9 N–H and O–H groups in total. The van der Waals surface area contributed by atoms with Gasteiger partial charge in [-0.1, -0.05) is 0 Å². The number of nitrogens with one attached hydrogen (secondary N) is 2. The number of ether oxygens (including phenoxy) is 1. The Kier molecular flexibility index (Phi) is 7.06. The van der Waals surface area contributed by atoms with Crippen LogP contribution >= 0.6 is 19.6 Å². The molecule has 6 rings (SSSR count). The molecule has 0 spiro atoms. The van der Waals surface area contributed by atoms with Crippen molar-refractivity contribution in [1.29, 1.82) is 0 Å². The molecule has 2 aliphatic heterocycles. The van der Waals surface area contributed by atoms with Gasteiger partial charge in [-0.05, 0) is 0 Å². The SMILES string of the molecule is Nc1nc2c(ncn2[C@@H]2S[C@H](CO)[C@@H](O)[C@H]2OP(=O)(O)OC[C@H]2OC(n3cnc4c(=O)[nH]cnc43)=C(O)[C@@H]2O)c(=O)[nH]1. The highest BCUT2D eigenvalue weighted by atomic mass is 32.2. The average Bonchev–Trinajstić information content (AvgIpc) is 3.69. The number of nitrogen functional groups attached to an aromatic ring is 1. The first kappa shape index (κ1) is 28.3. The van der Waals surface area contributed by atoms with Gasteiger partial charge in [0, 0.05) is 0 Å². The molecule has 4 aromatic heterocycles. The monoisotopic (exact) mass is 627 g/mol. The smallest absolute Gasteiger partial charge is 0.472 e. The van der Waals surface area contributed by atoms with Gasteiger partial charge in [0.2, 0.25) is 11.8 Å². The van der Waals surface area contributed by atoms with Crippen molar-refractivity contribution in [3.05, 3.63) is 45.4 Å². The van der Waals surface area contributed by atoms with Crippen LogP contribution in [0.5, 0.6) is 0 Å². The molecule has 22 heteroatoms. The number of rotatable bonds is 8. The summed E-state index contributed by atoms with van der Waals surface area (Å²) in [7, 11) is -5.03. The van der Waals surface area contributed by atoms with E-state index in [1.807, 2.05) is 0 Å². The Morgan fingerprint density at radius 1 is 1.14 bits per heavy atom. The molecule has 7 atom stereocenters. The summed E-state index contributed by atoms with van der Waals surface area (Å²) in [5.74, 6) is -1.24. The van der Waals surface area contributed by atoms with E-state index < -0.39 is 73.0 Å². The van der Waals surface area contributed by atoms with E-state index >= 15 is 0 Å². The minimum Gasteiger partial charge on any atom is -0.505 e. The fourth-order valence-electron chi connectivity index (χ4n) is 4.56. The number of aliphatic hydroxyl groups is 4. The molecule has 4 aromatic rings. The number of H-pyrrole nitrogens is 2. The van der Waals surface area contributed by atoms with E-state index in [-0.39, 0.29) is 34.2 Å². The lowest BCUT2D eigenvalue weighted by Crippen LogP contribution is -2.35. The van der Waals surface area contributed by atoms with Crippen molar-refractivity contribution in [2.75, 3.05) is 18.9 Å². The van der Waals surface area contributed by atoms with E-state index in [9.17, 15) is 39.5 Å². The van der Waals surface area contributed by atoms with Gasteiger partial charge in [0.1, 0.15) is 17.8 Å². The lowest BCUT2D eigenvalue weighted by Gasteiger charge is -2.25. The van der Waals surface area contributed by atoms with Gasteiger partial charge in [0.05, 0.1) is 37.2 Å². The molecule has 0 bridgehead atoms. The van der Waals surface area contributed by atoms with Crippen LogP contribution < -0.4 is 16.9 Å². The Hall–Kier alpha value is -3.82. The van der Waals surface area contributed by atoms with Crippen LogP contribution in [0, 0.1) is 0 Å². The number of thioether (sulfide) groups is 1. The van der Waals surface area contributed by atoms with Crippen molar-refractivity contribution in [2.24, 2.45) is 0 Å². The highest BCUT2D eigenvalue weighted by molar-refractivity contribution is 8.00. The van der Waals surface area contributed by atoms with Crippen LogP contribution in [0.3, 0.4) is 0 Å². The normalized spacial score (nSPS) is 27.6. The third-order valence-corrected chi connectivity index (χ3v) is 9.08. The fourth-order valence-corrected chi connectivity index (χ4v) is 7.00. The number of imidazole rings is 2. The van der Waals surface area contributed by atoms with Crippen LogP contribution in [-0.4, -0.2) is 107 Å². The highest BCUT2D eigenvalue weighted by Gasteiger charge is 2.49. The van der Waals surface area contributed by atoms with Gasteiger partial charge >= 0.3 is 7.82 Å². The summed E-state index contributed by atoms with van der Waals surface area (Å²) in [6, 6.07) is 0. The van der Waals surface area contributed by atoms with Gasteiger partial charge in [-0.25, -0.2) is 24.1 Å². The Morgan fingerprint density at radius 2 is 1.88 bits per heavy atom. The summed E-state index contributed by atoms with van der Waals surface area (Å²) in [6.45, 7) is -1.31. The summed E-state index contributed by atoms with van der Waals surface area (Å²) in [6.07, 6.45) is -2.67. The van der Waals surface area contributed by atoms with E-state index in [0.717, 1.165) is 29.0 Å². The zero-order valence-corrected chi connectivity index (χ0v) is 22.6. The molecule has 6 heterocycles. The summed E-state index contributed by atoms with van der Waals surface area (Å²) in [4.78, 5) is 55.2. The van der Waals surface area contributed by atoms with E-state index in [4.69, 9.17) is 19.5 Å². The second-order valence-corrected chi connectivity index (χ2v) is 11.9. The number of nitrogens with two attached hydrogens (primary N) is 1. The van der Waals surface area contributed by atoms with Gasteiger partial charge in [-0.15, -0.1) is 11.8 Å². The number of aliphatic hydroxyl groups excluding tert-OH is 4. The predicted octanol–water partition coefficient (Wildman–Crippen LogP) is -2.25. The number of phosphoric acid groups is 1. The number of aromatic nitrogens is 8. The summed E-state index contributed by atoms with van der Waals surface area (Å²) in [5.41, 5.74) is 4.31. The van der Waals surface area contributed by atoms with Crippen LogP contribution in [-0.2, 0) is 18.3 Å². The zero-order chi connectivity index (χ0) is 29.9. The molecule has 1 unspecified atom stereocenters. The number of aromatic amines is 2.